The second-order valence-corrected chi connectivity index (χ2v) is 6.49. The lowest BCUT2D eigenvalue weighted by Gasteiger charge is -2.13. The van der Waals surface area contributed by atoms with Gasteiger partial charge in [0.2, 0.25) is 5.88 Å². The van der Waals surface area contributed by atoms with Crippen LogP contribution < -0.4 is 14.8 Å². The van der Waals surface area contributed by atoms with Crippen molar-refractivity contribution in [3.63, 3.8) is 0 Å². The van der Waals surface area contributed by atoms with Crippen molar-refractivity contribution >= 4 is 5.91 Å². The van der Waals surface area contributed by atoms with Crippen LogP contribution in [0.15, 0.2) is 67.1 Å². The van der Waals surface area contributed by atoms with Gasteiger partial charge in [0.15, 0.2) is 0 Å². The molecule has 3 aromatic rings. The van der Waals surface area contributed by atoms with Crippen LogP contribution in [-0.2, 0) is 13.2 Å². The van der Waals surface area contributed by atoms with Gasteiger partial charge >= 0.3 is 0 Å². The number of hydrogen-bond donors (Lipinski definition) is 1. The van der Waals surface area contributed by atoms with E-state index >= 15 is 0 Å². The minimum absolute atomic E-state index is 0.0120. The van der Waals surface area contributed by atoms with Crippen molar-refractivity contribution in [2.45, 2.75) is 33.1 Å². The molecular formula is C22H23N3O3. The molecule has 144 valence electrons. The monoisotopic (exact) mass is 377 g/mol. The highest BCUT2D eigenvalue weighted by Crippen LogP contribution is 2.17. The minimum Gasteiger partial charge on any atom is -0.489 e. The molecule has 1 aromatic carbocycles. The molecule has 6 heteroatoms. The number of aromatic nitrogens is 2. The predicted octanol–water partition coefficient (Wildman–Crippen LogP) is 3.77. The molecule has 0 atom stereocenters. The zero-order valence-electron chi connectivity index (χ0n) is 16.0. The minimum atomic E-state index is -0.189. The summed E-state index contributed by atoms with van der Waals surface area (Å²) in [5, 5.41) is 2.91. The summed E-state index contributed by atoms with van der Waals surface area (Å²) < 4.78 is 11.4. The molecule has 1 N–H and O–H groups in total. The van der Waals surface area contributed by atoms with Gasteiger partial charge in [-0.2, -0.15) is 0 Å². The largest absolute Gasteiger partial charge is 0.489 e. The summed E-state index contributed by atoms with van der Waals surface area (Å²) in [6, 6.07) is 14.6. The number of carbonyl (C=O) groups excluding carboxylic acids is 1. The smallest absolute Gasteiger partial charge is 0.251 e. The Labute approximate surface area is 164 Å². The normalized spacial score (nSPS) is 10.5. The topological polar surface area (TPSA) is 73.3 Å². The molecule has 2 aromatic heterocycles. The van der Waals surface area contributed by atoms with Gasteiger partial charge in [-0.1, -0.05) is 18.2 Å². The molecule has 0 unspecified atom stereocenters. The van der Waals surface area contributed by atoms with E-state index in [2.05, 4.69) is 15.3 Å². The molecule has 2 heterocycles. The fourth-order valence-electron chi connectivity index (χ4n) is 2.54. The summed E-state index contributed by atoms with van der Waals surface area (Å²) in [7, 11) is 0. The van der Waals surface area contributed by atoms with Crippen LogP contribution in [0.25, 0.3) is 0 Å². The second-order valence-electron chi connectivity index (χ2n) is 6.49. The van der Waals surface area contributed by atoms with Crippen molar-refractivity contribution in [2.75, 3.05) is 0 Å². The van der Waals surface area contributed by atoms with Crippen molar-refractivity contribution in [3.8, 4) is 11.6 Å². The number of amides is 1. The summed E-state index contributed by atoms with van der Waals surface area (Å²) in [6.07, 6.45) is 5.15. The van der Waals surface area contributed by atoms with Crippen LogP contribution in [0, 0.1) is 0 Å². The van der Waals surface area contributed by atoms with E-state index < -0.39 is 0 Å². The summed E-state index contributed by atoms with van der Waals surface area (Å²) in [6.45, 7) is 4.60. The maximum atomic E-state index is 12.5. The van der Waals surface area contributed by atoms with Gasteiger partial charge in [-0.15, -0.1) is 0 Å². The Bertz CT molecular complexity index is 914. The summed E-state index contributed by atoms with van der Waals surface area (Å²) in [4.78, 5) is 20.8. The van der Waals surface area contributed by atoms with Gasteiger partial charge in [-0.05, 0) is 44.2 Å². The molecule has 0 aliphatic rings. The van der Waals surface area contributed by atoms with Crippen LogP contribution >= 0.6 is 0 Å². The molecular weight excluding hydrogens is 354 g/mol. The van der Waals surface area contributed by atoms with Gasteiger partial charge in [-0.3, -0.25) is 9.78 Å². The van der Waals surface area contributed by atoms with Gasteiger partial charge in [0, 0.05) is 41.8 Å². The van der Waals surface area contributed by atoms with E-state index in [4.69, 9.17) is 9.47 Å². The first-order valence-corrected chi connectivity index (χ1v) is 9.12. The number of hydrogen-bond acceptors (Lipinski definition) is 5. The number of carbonyl (C=O) groups is 1. The molecule has 0 bridgehead atoms. The van der Waals surface area contributed by atoms with Crippen LogP contribution in [0.3, 0.4) is 0 Å². The Hall–Kier alpha value is -3.41. The highest BCUT2D eigenvalue weighted by atomic mass is 16.5. The summed E-state index contributed by atoms with van der Waals surface area (Å²) >= 11 is 0. The van der Waals surface area contributed by atoms with Gasteiger partial charge in [-0.25, -0.2) is 4.98 Å². The Kier molecular flexibility index (Phi) is 6.57. The van der Waals surface area contributed by atoms with E-state index in [1.807, 2.05) is 44.2 Å². The SMILES string of the molecule is CC(C)Oc1ncccc1CNC(=O)c1cccc(OCc2cccnc2)c1. The van der Waals surface area contributed by atoms with Crippen LogP contribution in [0.1, 0.15) is 35.3 Å². The molecule has 0 fully saturated rings. The molecule has 0 saturated heterocycles. The highest BCUT2D eigenvalue weighted by Gasteiger charge is 2.10. The van der Waals surface area contributed by atoms with Gasteiger partial charge in [0.05, 0.1) is 6.10 Å². The zero-order valence-corrected chi connectivity index (χ0v) is 16.0. The first-order valence-electron chi connectivity index (χ1n) is 9.12. The fraction of sp³-hybridized carbons (Fsp3) is 0.227. The molecule has 0 spiro atoms. The fourth-order valence-corrected chi connectivity index (χ4v) is 2.54. The van der Waals surface area contributed by atoms with Gasteiger partial charge < -0.3 is 14.8 Å². The van der Waals surface area contributed by atoms with Crippen molar-refractivity contribution < 1.29 is 14.3 Å². The molecule has 28 heavy (non-hydrogen) atoms. The maximum absolute atomic E-state index is 12.5. The third kappa shape index (κ3) is 5.54. The first-order chi connectivity index (χ1) is 13.6. The second kappa shape index (κ2) is 9.50. The van der Waals surface area contributed by atoms with E-state index in [1.54, 1.807) is 36.8 Å². The first kappa shape index (κ1) is 19.4. The lowest BCUT2D eigenvalue weighted by Crippen LogP contribution is -2.23. The standard InChI is InChI=1S/C22H23N3O3/c1-16(2)28-22-19(8-5-11-24-22)14-25-21(26)18-7-3-9-20(12-18)27-15-17-6-4-10-23-13-17/h3-13,16H,14-15H2,1-2H3,(H,25,26). The van der Waals surface area contributed by atoms with E-state index in [-0.39, 0.29) is 12.0 Å². The third-order valence-electron chi connectivity index (χ3n) is 3.86. The molecule has 6 nitrogen and oxygen atoms in total. The summed E-state index contributed by atoms with van der Waals surface area (Å²) in [5.74, 6) is 0.972. The molecule has 0 aliphatic heterocycles. The van der Waals surface area contributed by atoms with Crippen molar-refractivity contribution in [3.05, 3.63) is 83.8 Å². The molecule has 1 amide bonds. The van der Waals surface area contributed by atoms with Crippen LogP contribution in [0.2, 0.25) is 0 Å². The molecule has 0 radical (unpaired) electrons. The van der Waals surface area contributed by atoms with Gasteiger partial charge in [0.1, 0.15) is 12.4 Å². The molecule has 0 aliphatic carbocycles. The Morgan fingerprint density at radius 2 is 1.96 bits per heavy atom. The third-order valence-corrected chi connectivity index (χ3v) is 3.86. The zero-order chi connectivity index (χ0) is 19.8. The van der Waals surface area contributed by atoms with Crippen molar-refractivity contribution in [2.24, 2.45) is 0 Å². The van der Waals surface area contributed by atoms with Crippen LogP contribution in [-0.4, -0.2) is 22.0 Å². The number of pyridine rings is 2. The van der Waals surface area contributed by atoms with E-state index in [9.17, 15) is 4.79 Å². The quantitative estimate of drug-likeness (QED) is 0.647. The highest BCUT2D eigenvalue weighted by molar-refractivity contribution is 5.94. The number of benzene rings is 1. The van der Waals surface area contributed by atoms with Crippen LogP contribution in [0.4, 0.5) is 0 Å². The lowest BCUT2D eigenvalue weighted by molar-refractivity contribution is 0.0950. The lowest BCUT2D eigenvalue weighted by atomic mass is 10.2. The average Bonchev–Trinajstić information content (AvgIpc) is 2.72. The van der Waals surface area contributed by atoms with Crippen LogP contribution in [0.5, 0.6) is 11.6 Å². The Morgan fingerprint density at radius 1 is 1.11 bits per heavy atom. The van der Waals surface area contributed by atoms with Gasteiger partial charge in [0.25, 0.3) is 5.91 Å². The Balaban J connectivity index is 1.60. The maximum Gasteiger partial charge on any atom is 0.251 e. The molecule has 0 saturated carbocycles. The van der Waals surface area contributed by atoms with E-state index in [0.717, 1.165) is 11.1 Å². The number of rotatable bonds is 8. The van der Waals surface area contributed by atoms with E-state index in [1.165, 1.54) is 0 Å². The molecule has 3 rings (SSSR count). The van der Waals surface area contributed by atoms with Crippen molar-refractivity contribution in [1.29, 1.82) is 0 Å². The van der Waals surface area contributed by atoms with Crippen molar-refractivity contribution in [1.82, 2.24) is 15.3 Å². The number of ether oxygens (including phenoxy) is 2. The predicted molar refractivity (Wildman–Crippen MR) is 106 cm³/mol. The Morgan fingerprint density at radius 3 is 2.75 bits per heavy atom. The number of nitrogens with zero attached hydrogens (tertiary/aromatic N) is 2. The summed E-state index contributed by atoms with van der Waals surface area (Å²) in [5.41, 5.74) is 2.32. The number of nitrogens with one attached hydrogen (secondary N) is 1. The van der Waals surface area contributed by atoms with E-state index in [0.29, 0.717) is 30.3 Å². The average molecular weight is 377 g/mol.